The number of fused-ring (bicyclic) bond motifs is 1. The third-order valence-electron chi connectivity index (χ3n) is 3.61. The van der Waals surface area contributed by atoms with Crippen LogP contribution in [-0.4, -0.2) is 37.5 Å². The van der Waals surface area contributed by atoms with E-state index in [-0.39, 0.29) is 11.9 Å². The molecule has 0 aliphatic rings. The number of imidazole rings is 1. The normalized spacial score (nSPS) is 11.0. The number of methoxy groups -OCH3 is 1. The molecule has 0 fully saturated rings. The van der Waals surface area contributed by atoms with Crippen molar-refractivity contribution in [2.24, 2.45) is 0 Å². The van der Waals surface area contributed by atoms with Crippen LogP contribution in [0.5, 0.6) is 5.75 Å². The van der Waals surface area contributed by atoms with Crippen molar-refractivity contribution in [1.82, 2.24) is 24.5 Å². The van der Waals surface area contributed by atoms with E-state index in [0.717, 1.165) is 11.1 Å². The lowest BCUT2D eigenvalue weighted by atomic mass is 10.1. The number of hydrogen-bond acceptors (Lipinski definition) is 7. The van der Waals surface area contributed by atoms with Gasteiger partial charge >= 0.3 is 0 Å². The number of hydrogen-bond donors (Lipinski definition) is 1. The molecule has 0 aromatic carbocycles. The minimum Gasteiger partial charge on any atom is -0.495 e. The first-order valence-corrected chi connectivity index (χ1v) is 7.44. The van der Waals surface area contributed by atoms with Gasteiger partial charge in [0.05, 0.1) is 13.3 Å². The lowest BCUT2D eigenvalue weighted by Gasteiger charge is -2.11. The Kier molecular flexibility index (Phi) is 3.72. The molecule has 3 rings (SSSR count). The summed E-state index contributed by atoms with van der Waals surface area (Å²) in [5, 5.41) is 0. The molecule has 118 valence electrons. The first-order chi connectivity index (χ1) is 10.9. The van der Waals surface area contributed by atoms with Crippen LogP contribution in [0.1, 0.15) is 21.6 Å². The molecular weight excluding hydrogens is 364 g/mol. The van der Waals surface area contributed by atoms with Crippen LogP contribution < -0.4 is 10.5 Å². The van der Waals surface area contributed by atoms with Crippen molar-refractivity contribution < 1.29 is 9.53 Å². The van der Waals surface area contributed by atoms with Crippen LogP contribution in [0.25, 0.3) is 11.2 Å². The van der Waals surface area contributed by atoms with Gasteiger partial charge in [0.2, 0.25) is 5.95 Å². The van der Waals surface area contributed by atoms with Crippen molar-refractivity contribution in [3.05, 3.63) is 33.9 Å². The van der Waals surface area contributed by atoms with E-state index in [1.54, 1.807) is 7.11 Å². The Morgan fingerprint density at radius 1 is 1.26 bits per heavy atom. The van der Waals surface area contributed by atoms with Gasteiger partial charge in [0.15, 0.2) is 5.65 Å². The molecule has 0 amide bonds. The van der Waals surface area contributed by atoms with E-state index in [1.165, 1.54) is 17.1 Å². The fourth-order valence-electron chi connectivity index (χ4n) is 2.24. The van der Waals surface area contributed by atoms with Crippen molar-refractivity contribution in [1.29, 1.82) is 0 Å². The third-order valence-corrected chi connectivity index (χ3v) is 4.16. The highest BCUT2D eigenvalue weighted by Gasteiger charge is 2.21. The summed E-state index contributed by atoms with van der Waals surface area (Å²) in [4.78, 5) is 29.2. The molecule has 0 bridgehead atoms. The van der Waals surface area contributed by atoms with Crippen LogP contribution in [0.15, 0.2) is 17.1 Å². The maximum atomic E-state index is 12.8. The van der Waals surface area contributed by atoms with Gasteiger partial charge in [0, 0.05) is 0 Å². The fourth-order valence-corrected chi connectivity index (χ4v) is 2.71. The maximum absolute atomic E-state index is 12.8. The molecule has 0 aliphatic heterocycles. The number of nitrogens with zero attached hydrogens (tertiary/aromatic N) is 5. The number of ether oxygens (including phenoxy) is 1. The quantitative estimate of drug-likeness (QED) is 0.679. The number of nitrogens with two attached hydrogens (primary N) is 1. The van der Waals surface area contributed by atoms with Crippen LogP contribution in [-0.2, 0) is 0 Å². The summed E-state index contributed by atoms with van der Waals surface area (Å²) < 4.78 is 6.95. The van der Waals surface area contributed by atoms with Crippen LogP contribution >= 0.6 is 15.9 Å². The monoisotopic (exact) mass is 376 g/mol. The molecule has 0 saturated heterocycles. The Balaban J connectivity index is 2.17. The molecule has 23 heavy (non-hydrogen) atoms. The molecule has 8 nitrogen and oxygen atoms in total. The summed E-state index contributed by atoms with van der Waals surface area (Å²) in [6.45, 7) is 3.69. The number of pyridine rings is 1. The van der Waals surface area contributed by atoms with Gasteiger partial charge in [0.1, 0.15) is 27.9 Å². The SMILES string of the molecule is COc1cnc(C(=O)n2cnc3c(Br)nc(N)nc32)c(C)c1C. The van der Waals surface area contributed by atoms with E-state index < -0.39 is 0 Å². The Labute approximate surface area is 139 Å². The van der Waals surface area contributed by atoms with Crippen molar-refractivity contribution >= 4 is 38.9 Å². The Morgan fingerprint density at radius 3 is 2.70 bits per heavy atom. The van der Waals surface area contributed by atoms with Crippen LogP contribution in [0.4, 0.5) is 5.95 Å². The maximum Gasteiger partial charge on any atom is 0.283 e. The van der Waals surface area contributed by atoms with Gasteiger partial charge in [0.25, 0.3) is 5.91 Å². The molecule has 0 saturated carbocycles. The topological polar surface area (TPSA) is 109 Å². The van der Waals surface area contributed by atoms with E-state index in [1.807, 2.05) is 13.8 Å². The average Bonchev–Trinajstić information content (AvgIpc) is 2.93. The summed E-state index contributed by atoms with van der Waals surface area (Å²) in [6.07, 6.45) is 2.90. The average molecular weight is 377 g/mol. The van der Waals surface area contributed by atoms with E-state index in [0.29, 0.717) is 27.2 Å². The van der Waals surface area contributed by atoms with Crippen LogP contribution in [0, 0.1) is 13.8 Å². The van der Waals surface area contributed by atoms with Crippen LogP contribution in [0.2, 0.25) is 0 Å². The van der Waals surface area contributed by atoms with Gasteiger partial charge in [-0.2, -0.15) is 4.98 Å². The molecule has 2 N–H and O–H groups in total. The number of nitrogen functional groups attached to an aromatic ring is 1. The standard InChI is InChI=1S/C14H13BrN6O2/c1-6-7(2)9(17-4-8(6)23-3)13(22)21-5-18-10-11(15)19-14(16)20-12(10)21/h4-5H,1-3H3,(H2,16,19,20). The highest BCUT2D eigenvalue weighted by molar-refractivity contribution is 9.10. The number of aromatic nitrogens is 5. The van der Waals surface area contributed by atoms with Crippen molar-refractivity contribution in [2.45, 2.75) is 13.8 Å². The minimum absolute atomic E-state index is 0.0505. The fraction of sp³-hybridized carbons (Fsp3) is 0.214. The summed E-state index contributed by atoms with van der Waals surface area (Å²) in [5.41, 5.74) is 8.31. The molecule has 9 heteroatoms. The molecule has 0 unspecified atom stereocenters. The first kappa shape index (κ1) is 15.3. The molecular formula is C14H13BrN6O2. The predicted octanol–water partition coefficient (Wildman–Crippen LogP) is 1.88. The largest absolute Gasteiger partial charge is 0.495 e. The molecule has 0 spiro atoms. The zero-order chi connectivity index (χ0) is 16.7. The van der Waals surface area contributed by atoms with Gasteiger partial charge in [-0.05, 0) is 40.9 Å². The Morgan fingerprint density at radius 2 is 2.00 bits per heavy atom. The van der Waals surface area contributed by atoms with E-state index in [9.17, 15) is 4.79 Å². The number of anilines is 1. The lowest BCUT2D eigenvalue weighted by molar-refractivity contribution is 0.0958. The zero-order valence-corrected chi connectivity index (χ0v) is 14.2. The summed E-state index contributed by atoms with van der Waals surface area (Å²) >= 11 is 3.26. The summed E-state index contributed by atoms with van der Waals surface area (Å²) in [6, 6.07) is 0. The van der Waals surface area contributed by atoms with Gasteiger partial charge in [-0.25, -0.2) is 19.5 Å². The third kappa shape index (κ3) is 2.42. The minimum atomic E-state index is -0.347. The highest BCUT2D eigenvalue weighted by atomic mass is 79.9. The molecule has 0 atom stereocenters. The van der Waals surface area contributed by atoms with Crippen molar-refractivity contribution in [2.75, 3.05) is 12.8 Å². The zero-order valence-electron chi connectivity index (χ0n) is 12.7. The summed E-state index contributed by atoms with van der Waals surface area (Å²) in [7, 11) is 1.56. The lowest BCUT2D eigenvalue weighted by Crippen LogP contribution is -2.16. The van der Waals surface area contributed by atoms with Gasteiger partial charge < -0.3 is 10.5 Å². The molecule has 3 heterocycles. The van der Waals surface area contributed by atoms with Gasteiger partial charge in [-0.1, -0.05) is 0 Å². The van der Waals surface area contributed by atoms with E-state index >= 15 is 0 Å². The van der Waals surface area contributed by atoms with Crippen molar-refractivity contribution in [3.8, 4) is 5.75 Å². The van der Waals surface area contributed by atoms with Crippen LogP contribution in [0.3, 0.4) is 0 Å². The molecule has 3 aromatic heterocycles. The second-order valence-corrected chi connectivity index (χ2v) is 5.64. The smallest absolute Gasteiger partial charge is 0.283 e. The van der Waals surface area contributed by atoms with Gasteiger partial charge in [-0.3, -0.25) is 4.79 Å². The van der Waals surface area contributed by atoms with Crippen molar-refractivity contribution in [3.63, 3.8) is 0 Å². The number of carbonyl (C=O) groups is 1. The van der Waals surface area contributed by atoms with Gasteiger partial charge in [-0.15, -0.1) is 0 Å². The second kappa shape index (κ2) is 5.58. The summed E-state index contributed by atoms with van der Waals surface area (Å²) in [5.74, 6) is 0.333. The Bertz CT molecular complexity index is 937. The first-order valence-electron chi connectivity index (χ1n) is 6.65. The highest BCUT2D eigenvalue weighted by Crippen LogP contribution is 2.24. The Hall–Kier alpha value is -2.55. The number of carbonyl (C=O) groups excluding carboxylic acids is 1. The predicted molar refractivity (Wildman–Crippen MR) is 87.4 cm³/mol. The van der Waals surface area contributed by atoms with E-state index in [2.05, 4.69) is 35.9 Å². The van der Waals surface area contributed by atoms with E-state index in [4.69, 9.17) is 10.5 Å². The number of halogens is 1. The molecule has 0 aliphatic carbocycles. The molecule has 3 aromatic rings. The second-order valence-electron chi connectivity index (χ2n) is 4.89. The molecule has 0 radical (unpaired) electrons. The number of rotatable bonds is 2.